The van der Waals surface area contributed by atoms with Crippen molar-refractivity contribution in [1.82, 2.24) is 4.90 Å². The maximum atomic E-state index is 10.9. The van der Waals surface area contributed by atoms with Crippen LogP contribution in [0, 0.1) is 0 Å². The quantitative estimate of drug-likeness (QED) is 0.463. The van der Waals surface area contributed by atoms with Crippen molar-refractivity contribution in [3.8, 4) is 0 Å². The standard InChI is InChI=1S/C10H19NO2/c1-4-7-10(12)13-9-8-11(5-2)6-3/h4,7H,5-6,8-9H2,1-3H3/b7-4+. The summed E-state index contributed by atoms with van der Waals surface area (Å²) >= 11 is 0. The monoisotopic (exact) mass is 185 g/mol. The van der Waals surface area contributed by atoms with Crippen LogP contribution in [0.3, 0.4) is 0 Å². The minimum absolute atomic E-state index is 0.255. The Morgan fingerprint density at radius 2 is 2.00 bits per heavy atom. The average molecular weight is 185 g/mol. The van der Waals surface area contributed by atoms with Crippen molar-refractivity contribution in [3.05, 3.63) is 12.2 Å². The van der Waals surface area contributed by atoms with Gasteiger partial charge in [0.15, 0.2) is 0 Å². The number of esters is 1. The Hall–Kier alpha value is -0.830. The molecule has 0 aromatic heterocycles. The van der Waals surface area contributed by atoms with Crippen LogP contribution in [0.5, 0.6) is 0 Å². The van der Waals surface area contributed by atoms with Crippen LogP contribution in [0.1, 0.15) is 20.8 Å². The van der Waals surface area contributed by atoms with Gasteiger partial charge in [-0.15, -0.1) is 0 Å². The summed E-state index contributed by atoms with van der Waals surface area (Å²) in [5.41, 5.74) is 0. The summed E-state index contributed by atoms with van der Waals surface area (Å²) in [4.78, 5) is 13.1. The van der Waals surface area contributed by atoms with Gasteiger partial charge in [-0.1, -0.05) is 19.9 Å². The third kappa shape index (κ3) is 6.34. The van der Waals surface area contributed by atoms with Gasteiger partial charge in [-0.25, -0.2) is 4.79 Å². The van der Waals surface area contributed by atoms with E-state index in [9.17, 15) is 4.79 Å². The number of ether oxygens (including phenoxy) is 1. The van der Waals surface area contributed by atoms with E-state index in [1.54, 1.807) is 13.0 Å². The van der Waals surface area contributed by atoms with Crippen molar-refractivity contribution in [2.45, 2.75) is 20.8 Å². The van der Waals surface area contributed by atoms with Gasteiger partial charge in [-0.05, 0) is 20.0 Å². The molecule has 0 aliphatic carbocycles. The number of carbonyl (C=O) groups excluding carboxylic acids is 1. The molecule has 0 amide bonds. The Morgan fingerprint density at radius 3 is 2.46 bits per heavy atom. The third-order valence-electron chi connectivity index (χ3n) is 1.85. The molecule has 0 aromatic rings. The van der Waals surface area contributed by atoms with Crippen LogP contribution >= 0.6 is 0 Å². The highest BCUT2D eigenvalue weighted by molar-refractivity contribution is 5.81. The van der Waals surface area contributed by atoms with Gasteiger partial charge in [-0.2, -0.15) is 0 Å². The molecule has 3 nitrogen and oxygen atoms in total. The fraction of sp³-hybridized carbons (Fsp3) is 0.700. The van der Waals surface area contributed by atoms with E-state index in [0.717, 1.165) is 19.6 Å². The van der Waals surface area contributed by atoms with E-state index in [1.165, 1.54) is 6.08 Å². The summed E-state index contributed by atoms with van der Waals surface area (Å²) < 4.78 is 4.95. The summed E-state index contributed by atoms with van der Waals surface area (Å²) in [5, 5.41) is 0. The highest BCUT2D eigenvalue weighted by Crippen LogP contribution is 1.88. The zero-order chi connectivity index (χ0) is 10.1. The highest BCUT2D eigenvalue weighted by atomic mass is 16.5. The second-order valence-electron chi connectivity index (χ2n) is 2.69. The van der Waals surface area contributed by atoms with Crippen LogP contribution in [0.2, 0.25) is 0 Å². The van der Waals surface area contributed by atoms with E-state index in [-0.39, 0.29) is 5.97 Å². The molecule has 0 saturated heterocycles. The van der Waals surface area contributed by atoms with E-state index < -0.39 is 0 Å². The molecule has 0 aliphatic rings. The largest absolute Gasteiger partial charge is 0.461 e. The minimum atomic E-state index is -0.255. The van der Waals surface area contributed by atoms with Crippen LogP contribution in [0.15, 0.2) is 12.2 Å². The summed E-state index contributed by atoms with van der Waals surface area (Å²) in [6.45, 7) is 9.27. The van der Waals surface area contributed by atoms with E-state index in [1.807, 2.05) is 0 Å². The molecule has 0 fully saturated rings. The summed E-state index contributed by atoms with van der Waals surface area (Å²) in [6, 6.07) is 0. The lowest BCUT2D eigenvalue weighted by Crippen LogP contribution is -2.27. The first-order valence-corrected chi connectivity index (χ1v) is 4.76. The van der Waals surface area contributed by atoms with E-state index >= 15 is 0 Å². The van der Waals surface area contributed by atoms with Gasteiger partial charge in [0.05, 0.1) is 0 Å². The van der Waals surface area contributed by atoms with Gasteiger partial charge in [0, 0.05) is 12.6 Å². The van der Waals surface area contributed by atoms with Gasteiger partial charge in [0.2, 0.25) is 0 Å². The molecule has 0 saturated carbocycles. The number of hydrogen-bond acceptors (Lipinski definition) is 3. The van der Waals surface area contributed by atoms with Crippen LogP contribution in [0.25, 0.3) is 0 Å². The van der Waals surface area contributed by atoms with E-state index in [4.69, 9.17) is 4.74 Å². The number of allylic oxidation sites excluding steroid dienone is 1. The fourth-order valence-electron chi connectivity index (χ4n) is 0.999. The second kappa shape index (κ2) is 7.80. The number of hydrogen-bond donors (Lipinski definition) is 0. The van der Waals surface area contributed by atoms with Crippen molar-refractivity contribution in [3.63, 3.8) is 0 Å². The second-order valence-corrected chi connectivity index (χ2v) is 2.69. The lowest BCUT2D eigenvalue weighted by atomic mass is 10.5. The smallest absolute Gasteiger partial charge is 0.330 e. The number of nitrogens with zero attached hydrogens (tertiary/aromatic N) is 1. The Labute approximate surface area is 80.4 Å². The highest BCUT2D eigenvalue weighted by Gasteiger charge is 2.00. The molecule has 0 unspecified atom stereocenters. The lowest BCUT2D eigenvalue weighted by Gasteiger charge is -2.16. The van der Waals surface area contributed by atoms with Crippen molar-refractivity contribution in [2.24, 2.45) is 0 Å². The minimum Gasteiger partial charge on any atom is -0.461 e. The molecule has 3 heteroatoms. The maximum Gasteiger partial charge on any atom is 0.330 e. The molecule has 0 spiro atoms. The first-order valence-electron chi connectivity index (χ1n) is 4.76. The summed E-state index contributed by atoms with van der Waals surface area (Å²) in [6.07, 6.45) is 3.11. The predicted molar refractivity (Wildman–Crippen MR) is 53.6 cm³/mol. The maximum absolute atomic E-state index is 10.9. The molecule has 0 atom stereocenters. The number of carbonyl (C=O) groups is 1. The molecule has 0 aliphatic heterocycles. The van der Waals surface area contributed by atoms with Crippen molar-refractivity contribution in [1.29, 1.82) is 0 Å². The van der Waals surface area contributed by atoms with Gasteiger partial charge < -0.3 is 9.64 Å². The molecule has 0 rings (SSSR count). The Balaban J connectivity index is 3.48. The normalized spacial score (nSPS) is 11.1. The summed E-state index contributed by atoms with van der Waals surface area (Å²) in [7, 11) is 0. The predicted octanol–water partition coefficient (Wildman–Crippen LogP) is 1.45. The van der Waals surface area contributed by atoms with Gasteiger partial charge in [0.1, 0.15) is 6.61 Å². The number of likely N-dealkylation sites (N-methyl/N-ethyl adjacent to an activating group) is 1. The number of rotatable bonds is 6. The fourth-order valence-corrected chi connectivity index (χ4v) is 0.999. The first kappa shape index (κ1) is 12.2. The van der Waals surface area contributed by atoms with Crippen molar-refractivity contribution >= 4 is 5.97 Å². The molecule has 0 N–H and O–H groups in total. The first-order chi connectivity index (χ1) is 6.24. The van der Waals surface area contributed by atoms with Crippen LogP contribution < -0.4 is 0 Å². The van der Waals surface area contributed by atoms with Crippen LogP contribution in [-0.4, -0.2) is 37.1 Å². The molecule has 0 heterocycles. The average Bonchev–Trinajstić information content (AvgIpc) is 2.13. The van der Waals surface area contributed by atoms with Gasteiger partial charge in [-0.3, -0.25) is 0 Å². The van der Waals surface area contributed by atoms with E-state index in [2.05, 4.69) is 18.7 Å². The SMILES string of the molecule is C/C=C/C(=O)OCCN(CC)CC. The Kier molecular flexibility index (Phi) is 7.30. The zero-order valence-corrected chi connectivity index (χ0v) is 8.75. The van der Waals surface area contributed by atoms with E-state index in [0.29, 0.717) is 6.61 Å². The van der Waals surface area contributed by atoms with Gasteiger partial charge >= 0.3 is 5.97 Å². The van der Waals surface area contributed by atoms with Crippen LogP contribution in [-0.2, 0) is 9.53 Å². The molecule has 0 bridgehead atoms. The molecule has 76 valence electrons. The van der Waals surface area contributed by atoms with Gasteiger partial charge in [0.25, 0.3) is 0 Å². The Morgan fingerprint density at radius 1 is 1.38 bits per heavy atom. The molecular weight excluding hydrogens is 166 g/mol. The topological polar surface area (TPSA) is 29.5 Å². The molecule has 0 radical (unpaired) electrons. The lowest BCUT2D eigenvalue weighted by molar-refractivity contribution is -0.138. The Bertz CT molecular complexity index is 162. The molecule has 13 heavy (non-hydrogen) atoms. The zero-order valence-electron chi connectivity index (χ0n) is 8.75. The summed E-state index contributed by atoms with van der Waals surface area (Å²) in [5.74, 6) is -0.255. The van der Waals surface area contributed by atoms with Crippen LogP contribution in [0.4, 0.5) is 0 Å². The van der Waals surface area contributed by atoms with Crippen molar-refractivity contribution in [2.75, 3.05) is 26.2 Å². The molecular formula is C10H19NO2. The third-order valence-corrected chi connectivity index (χ3v) is 1.85. The van der Waals surface area contributed by atoms with Crippen molar-refractivity contribution < 1.29 is 9.53 Å². The molecule has 0 aromatic carbocycles.